The van der Waals surface area contributed by atoms with E-state index in [1.165, 1.54) is 0 Å². The Kier molecular flexibility index (Phi) is 5.38. The number of hydrogen-bond donors (Lipinski definition) is 2. The third kappa shape index (κ3) is 4.04. The second-order valence-electron chi connectivity index (χ2n) is 7.66. The fraction of sp³-hybridized carbons (Fsp3) is 0.261. The molecule has 1 atom stereocenters. The van der Waals surface area contributed by atoms with Crippen LogP contribution in [0.25, 0.3) is 28.0 Å². The molecule has 0 aliphatic rings. The van der Waals surface area contributed by atoms with Crippen LogP contribution in [0.15, 0.2) is 60.8 Å². The lowest BCUT2D eigenvalue weighted by Crippen LogP contribution is -2.14. The summed E-state index contributed by atoms with van der Waals surface area (Å²) in [6.07, 6.45) is 2.71. The summed E-state index contributed by atoms with van der Waals surface area (Å²) in [5.74, 6) is 1.19. The molecule has 0 amide bonds. The minimum absolute atomic E-state index is 0.0744. The Morgan fingerprint density at radius 2 is 1.86 bits per heavy atom. The van der Waals surface area contributed by atoms with E-state index in [-0.39, 0.29) is 12.6 Å². The largest absolute Gasteiger partial charge is 0.390 e. The van der Waals surface area contributed by atoms with E-state index in [1.54, 1.807) is 10.7 Å². The molecular formula is C23H25N5O. The normalized spacial score (nSPS) is 12.6. The number of benzene rings is 1. The highest BCUT2D eigenvalue weighted by Crippen LogP contribution is 2.26. The summed E-state index contributed by atoms with van der Waals surface area (Å²) >= 11 is 0. The zero-order valence-electron chi connectivity index (χ0n) is 16.7. The first kappa shape index (κ1) is 19.2. The van der Waals surface area contributed by atoms with Gasteiger partial charge in [-0.05, 0) is 42.7 Å². The SMILES string of the molecule is CC(C)CC(N)c1cccc(-c2ccc3cnn(-c4cccc(CO)n4)c3c2)n1. The van der Waals surface area contributed by atoms with Crippen molar-refractivity contribution in [3.63, 3.8) is 0 Å². The highest BCUT2D eigenvalue weighted by Gasteiger charge is 2.13. The minimum Gasteiger partial charge on any atom is -0.390 e. The van der Waals surface area contributed by atoms with E-state index in [1.807, 2.05) is 48.7 Å². The van der Waals surface area contributed by atoms with Crippen LogP contribution in [0.2, 0.25) is 0 Å². The van der Waals surface area contributed by atoms with Gasteiger partial charge in [0.25, 0.3) is 0 Å². The summed E-state index contributed by atoms with van der Waals surface area (Å²) in [7, 11) is 0. The van der Waals surface area contributed by atoms with Crippen molar-refractivity contribution < 1.29 is 5.11 Å². The van der Waals surface area contributed by atoms with Gasteiger partial charge in [0.05, 0.1) is 35.4 Å². The Labute approximate surface area is 170 Å². The molecule has 0 spiro atoms. The standard InChI is InChI=1S/C23H25N5O/c1-15(2)11-19(24)21-7-4-6-20(27-21)16-9-10-17-13-25-28(22(17)12-16)23-8-3-5-18(14-29)26-23/h3-10,12-13,15,19,29H,11,14,24H2,1-2H3. The van der Waals surface area contributed by atoms with Crippen molar-refractivity contribution in [2.75, 3.05) is 0 Å². The monoisotopic (exact) mass is 387 g/mol. The van der Waals surface area contributed by atoms with Gasteiger partial charge in [-0.3, -0.25) is 4.98 Å². The van der Waals surface area contributed by atoms with Gasteiger partial charge >= 0.3 is 0 Å². The fourth-order valence-electron chi connectivity index (χ4n) is 3.48. The zero-order valence-corrected chi connectivity index (χ0v) is 16.7. The molecule has 0 bridgehead atoms. The predicted octanol–water partition coefficient (Wildman–Crippen LogP) is 4.02. The van der Waals surface area contributed by atoms with Crippen molar-refractivity contribution in [1.29, 1.82) is 0 Å². The zero-order chi connectivity index (χ0) is 20.4. The number of aromatic nitrogens is 4. The molecule has 6 heteroatoms. The van der Waals surface area contributed by atoms with Crippen molar-refractivity contribution in [3.8, 4) is 17.1 Å². The number of nitrogens with two attached hydrogens (primary N) is 1. The first-order valence-corrected chi connectivity index (χ1v) is 9.83. The molecule has 29 heavy (non-hydrogen) atoms. The van der Waals surface area contributed by atoms with E-state index >= 15 is 0 Å². The van der Waals surface area contributed by atoms with Gasteiger partial charge in [0.15, 0.2) is 5.82 Å². The third-order valence-electron chi connectivity index (χ3n) is 4.91. The average Bonchev–Trinajstić information content (AvgIpc) is 3.16. The highest BCUT2D eigenvalue weighted by atomic mass is 16.3. The summed E-state index contributed by atoms with van der Waals surface area (Å²) in [6, 6.07) is 17.6. The number of rotatable bonds is 6. The van der Waals surface area contributed by atoms with Gasteiger partial charge in [-0.2, -0.15) is 5.10 Å². The van der Waals surface area contributed by atoms with Crippen molar-refractivity contribution in [3.05, 3.63) is 72.2 Å². The van der Waals surface area contributed by atoms with Gasteiger partial charge in [-0.1, -0.05) is 38.1 Å². The van der Waals surface area contributed by atoms with Crippen LogP contribution in [-0.4, -0.2) is 24.9 Å². The molecule has 1 aromatic carbocycles. The van der Waals surface area contributed by atoms with Crippen molar-refractivity contribution in [2.45, 2.75) is 32.9 Å². The van der Waals surface area contributed by atoms with E-state index in [2.05, 4.69) is 30.0 Å². The summed E-state index contributed by atoms with van der Waals surface area (Å²) in [6.45, 7) is 4.23. The number of aliphatic hydroxyl groups excluding tert-OH is 1. The Hall–Kier alpha value is -3.09. The van der Waals surface area contributed by atoms with Crippen LogP contribution in [0, 0.1) is 5.92 Å². The van der Waals surface area contributed by atoms with Crippen LogP contribution >= 0.6 is 0 Å². The molecule has 0 saturated carbocycles. The Balaban J connectivity index is 1.74. The summed E-state index contributed by atoms with van der Waals surface area (Å²) < 4.78 is 1.78. The maximum atomic E-state index is 9.38. The van der Waals surface area contributed by atoms with E-state index in [4.69, 9.17) is 10.7 Å². The second-order valence-corrected chi connectivity index (χ2v) is 7.66. The van der Waals surface area contributed by atoms with Crippen LogP contribution in [0.3, 0.4) is 0 Å². The number of hydrogen-bond acceptors (Lipinski definition) is 5. The molecule has 1 unspecified atom stereocenters. The van der Waals surface area contributed by atoms with E-state index in [9.17, 15) is 5.11 Å². The Morgan fingerprint density at radius 1 is 1.03 bits per heavy atom. The molecule has 4 aromatic rings. The first-order chi connectivity index (χ1) is 14.0. The molecule has 0 aliphatic carbocycles. The molecule has 0 aliphatic heterocycles. The molecule has 148 valence electrons. The van der Waals surface area contributed by atoms with Gasteiger partial charge in [0.2, 0.25) is 0 Å². The van der Waals surface area contributed by atoms with Crippen LogP contribution in [-0.2, 0) is 6.61 Å². The second kappa shape index (κ2) is 8.11. The molecule has 6 nitrogen and oxygen atoms in total. The van der Waals surface area contributed by atoms with Gasteiger partial charge in [-0.15, -0.1) is 0 Å². The summed E-state index contributed by atoms with van der Waals surface area (Å²) in [5, 5.41) is 14.9. The maximum Gasteiger partial charge on any atom is 0.154 e. The maximum absolute atomic E-state index is 9.38. The lowest BCUT2D eigenvalue weighted by Gasteiger charge is -2.14. The Morgan fingerprint density at radius 3 is 2.66 bits per heavy atom. The smallest absolute Gasteiger partial charge is 0.154 e. The molecule has 3 N–H and O–H groups in total. The van der Waals surface area contributed by atoms with Crippen LogP contribution in [0.1, 0.15) is 37.7 Å². The number of pyridine rings is 2. The van der Waals surface area contributed by atoms with Crippen LogP contribution in [0.4, 0.5) is 0 Å². The topological polar surface area (TPSA) is 89.8 Å². The van der Waals surface area contributed by atoms with Crippen LogP contribution < -0.4 is 5.73 Å². The van der Waals surface area contributed by atoms with Gasteiger partial charge in [-0.25, -0.2) is 9.67 Å². The minimum atomic E-state index is -0.106. The lowest BCUT2D eigenvalue weighted by molar-refractivity contribution is 0.276. The Bertz CT molecular complexity index is 1140. The van der Waals surface area contributed by atoms with E-state index < -0.39 is 0 Å². The molecule has 3 heterocycles. The van der Waals surface area contributed by atoms with Gasteiger partial charge in [0, 0.05) is 17.0 Å². The lowest BCUT2D eigenvalue weighted by atomic mass is 10.0. The summed E-state index contributed by atoms with van der Waals surface area (Å²) in [5.41, 5.74) is 10.7. The number of nitrogens with zero attached hydrogens (tertiary/aromatic N) is 4. The van der Waals surface area contributed by atoms with Crippen molar-refractivity contribution in [2.24, 2.45) is 11.7 Å². The predicted molar refractivity (Wildman–Crippen MR) is 114 cm³/mol. The molecule has 0 radical (unpaired) electrons. The average molecular weight is 387 g/mol. The quantitative estimate of drug-likeness (QED) is 0.521. The fourth-order valence-corrected chi connectivity index (χ4v) is 3.48. The van der Waals surface area contributed by atoms with Crippen molar-refractivity contribution >= 4 is 10.9 Å². The summed E-state index contributed by atoms with van der Waals surface area (Å²) in [4.78, 5) is 9.28. The van der Waals surface area contributed by atoms with E-state index in [0.29, 0.717) is 17.4 Å². The van der Waals surface area contributed by atoms with Crippen LogP contribution in [0.5, 0.6) is 0 Å². The third-order valence-corrected chi connectivity index (χ3v) is 4.91. The van der Waals surface area contributed by atoms with Gasteiger partial charge in [0.1, 0.15) is 0 Å². The highest BCUT2D eigenvalue weighted by molar-refractivity contribution is 5.84. The number of fused-ring (bicyclic) bond motifs is 1. The molecular weight excluding hydrogens is 362 g/mol. The van der Waals surface area contributed by atoms with Crippen molar-refractivity contribution in [1.82, 2.24) is 19.7 Å². The molecule has 0 saturated heterocycles. The molecule has 0 fully saturated rings. The van der Waals surface area contributed by atoms with E-state index in [0.717, 1.165) is 34.3 Å². The molecule has 4 rings (SSSR count). The number of aliphatic hydroxyl groups is 1. The first-order valence-electron chi connectivity index (χ1n) is 9.83. The molecule has 3 aromatic heterocycles. The van der Waals surface area contributed by atoms with Gasteiger partial charge < -0.3 is 10.8 Å².